The maximum Gasteiger partial charge on any atom is 0.414 e. The number of oxime groups is 1. The number of nitrogens with zero attached hydrogens (tertiary/aromatic N) is 2. The van der Waals surface area contributed by atoms with Gasteiger partial charge in [0.25, 0.3) is 5.91 Å². The Morgan fingerprint density at radius 2 is 2.03 bits per heavy atom. The molecule has 0 aliphatic carbocycles. The van der Waals surface area contributed by atoms with E-state index in [0.717, 1.165) is 5.56 Å². The molecule has 1 aromatic heterocycles. The summed E-state index contributed by atoms with van der Waals surface area (Å²) in [4.78, 5) is 21.1. The highest BCUT2D eigenvalue weighted by atomic mass is 19.4. The van der Waals surface area contributed by atoms with Crippen LogP contribution in [0.3, 0.4) is 0 Å². The smallest absolute Gasteiger partial charge is 0.414 e. The average Bonchev–Trinajstić information content (AvgIpc) is 3.35. The van der Waals surface area contributed by atoms with Crippen LogP contribution in [0.5, 0.6) is 11.5 Å². The minimum atomic E-state index is -4.70. The number of aromatic nitrogens is 1. The van der Waals surface area contributed by atoms with Gasteiger partial charge in [0.2, 0.25) is 12.9 Å². The number of pyridine rings is 1. The first-order valence-corrected chi connectivity index (χ1v) is 8.78. The van der Waals surface area contributed by atoms with E-state index in [2.05, 4.69) is 10.1 Å². The van der Waals surface area contributed by atoms with E-state index in [-0.39, 0.29) is 18.9 Å². The SMILES string of the molecule is O=C(N[C@H](c1ccccn1)C(F)(F)F)[C@@H]1CC(Cc2ccc3c(c2)OCO3)=NO1. The minimum Gasteiger partial charge on any atom is -0.454 e. The summed E-state index contributed by atoms with van der Waals surface area (Å²) in [5, 5.41) is 5.83. The van der Waals surface area contributed by atoms with Crippen molar-refractivity contribution in [2.24, 2.45) is 5.16 Å². The van der Waals surface area contributed by atoms with Gasteiger partial charge in [-0.15, -0.1) is 0 Å². The third-order valence-corrected chi connectivity index (χ3v) is 4.47. The summed E-state index contributed by atoms with van der Waals surface area (Å²) >= 11 is 0. The van der Waals surface area contributed by atoms with Crippen molar-refractivity contribution in [3.05, 3.63) is 53.9 Å². The van der Waals surface area contributed by atoms with Crippen LogP contribution in [-0.4, -0.2) is 35.7 Å². The predicted molar refractivity (Wildman–Crippen MR) is 94.4 cm³/mol. The summed E-state index contributed by atoms with van der Waals surface area (Å²) < 4.78 is 50.7. The fraction of sp³-hybridized carbons (Fsp3) is 0.316. The van der Waals surface area contributed by atoms with Crippen LogP contribution in [0, 0.1) is 0 Å². The second-order valence-electron chi connectivity index (χ2n) is 6.56. The zero-order valence-electron chi connectivity index (χ0n) is 15.0. The van der Waals surface area contributed by atoms with Gasteiger partial charge < -0.3 is 19.6 Å². The van der Waals surface area contributed by atoms with Crippen molar-refractivity contribution in [2.45, 2.75) is 31.2 Å². The van der Waals surface area contributed by atoms with Crippen LogP contribution in [0.1, 0.15) is 23.7 Å². The van der Waals surface area contributed by atoms with Gasteiger partial charge in [-0.05, 0) is 29.8 Å². The Hall–Kier alpha value is -3.30. The maximum absolute atomic E-state index is 13.4. The highest BCUT2D eigenvalue weighted by Crippen LogP contribution is 2.34. The van der Waals surface area contributed by atoms with Crippen LogP contribution in [0.15, 0.2) is 47.8 Å². The third kappa shape index (κ3) is 4.25. The zero-order chi connectivity index (χ0) is 20.4. The lowest BCUT2D eigenvalue weighted by Gasteiger charge is -2.22. The molecular weight excluding hydrogens is 391 g/mol. The number of benzene rings is 1. The minimum absolute atomic E-state index is 0.0903. The van der Waals surface area contributed by atoms with Crippen LogP contribution in [0.4, 0.5) is 13.2 Å². The standard InChI is InChI=1S/C19H16F3N3O4/c20-19(21,22)17(13-3-1-2-6-23-13)24-18(26)16-9-12(25-29-16)7-11-4-5-14-15(8-11)28-10-27-14/h1-6,8,16-17H,7,9-10H2,(H,24,26)/t16-,17+/m0/s1. The molecule has 0 saturated carbocycles. The lowest BCUT2D eigenvalue weighted by molar-refractivity contribution is -0.167. The second-order valence-corrected chi connectivity index (χ2v) is 6.56. The molecule has 0 unspecified atom stereocenters. The van der Waals surface area contributed by atoms with Gasteiger partial charge in [-0.25, -0.2) is 0 Å². The van der Waals surface area contributed by atoms with Crippen LogP contribution < -0.4 is 14.8 Å². The summed E-state index contributed by atoms with van der Waals surface area (Å²) in [6.45, 7) is 0.154. The van der Waals surface area contributed by atoms with E-state index in [4.69, 9.17) is 14.3 Å². The van der Waals surface area contributed by atoms with Gasteiger partial charge in [-0.3, -0.25) is 9.78 Å². The van der Waals surface area contributed by atoms with Crippen molar-refractivity contribution in [1.82, 2.24) is 10.3 Å². The van der Waals surface area contributed by atoms with Crippen molar-refractivity contribution in [1.29, 1.82) is 0 Å². The molecule has 0 radical (unpaired) electrons. The first-order valence-electron chi connectivity index (χ1n) is 8.78. The van der Waals surface area contributed by atoms with Gasteiger partial charge in [0.05, 0.1) is 11.4 Å². The molecule has 1 N–H and O–H groups in total. The van der Waals surface area contributed by atoms with Gasteiger partial charge in [0.1, 0.15) is 0 Å². The Kier molecular flexibility index (Phi) is 4.99. The van der Waals surface area contributed by atoms with Gasteiger partial charge in [-0.2, -0.15) is 13.2 Å². The van der Waals surface area contributed by atoms with E-state index in [1.54, 1.807) is 12.1 Å². The van der Waals surface area contributed by atoms with Gasteiger partial charge in [0.15, 0.2) is 17.5 Å². The second kappa shape index (κ2) is 7.61. The van der Waals surface area contributed by atoms with Gasteiger partial charge in [0, 0.05) is 19.0 Å². The molecule has 4 rings (SSSR count). The number of nitrogens with one attached hydrogen (secondary N) is 1. The first kappa shape index (κ1) is 19.0. The molecule has 0 saturated heterocycles. The summed E-state index contributed by atoms with van der Waals surface area (Å²) in [6, 6.07) is 7.27. The molecule has 0 fully saturated rings. The Morgan fingerprint density at radius 3 is 2.79 bits per heavy atom. The molecule has 7 nitrogen and oxygen atoms in total. The summed E-state index contributed by atoms with van der Waals surface area (Å²) in [5.41, 5.74) is 1.11. The van der Waals surface area contributed by atoms with Crippen molar-refractivity contribution in [3.63, 3.8) is 0 Å². The molecule has 0 bridgehead atoms. The molecule has 152 valence electrons. The van der Waals surface area contributed by atoms with Crippen molar-refractivity contribution < 1.29 is 32.3 Å². The lowest BCUT2D eigenvalue weighted by Crippen LogP contribution is -2.43. The number of halogens is 3. The number of hydrogen-bond acceptors (Lipinski definition) is 6. The molecule has 2 aliphatic rings. The van der Waals surface area contributed by atoms with Gasteiger partial charge >= 0.3 is 6.18 Å². The van der Waals surface area contributed by atoms with E-state index >= 15 is 0 Å². The fourth-order valence-corrected chi connectivity index (χ4v) is 3.06. The number of rotatable bonds is 5. The topological polar surface area (TPSA) is 82.0 Å². The molecular formula is C19H16F3N3O4. The first-order chi connectivity index (χ1) is 13.9. The lowest BCUT2D eigenvalue weighted by atomic mass is 10.0. The molecule has 29 heavy (non-hydrogen) atoms. The summed E-state index contributed by atoms with van der Waals surface area (Å²) in [7, 11) is 0. The normalized spacial score (nSPS) is 18.7. The molecule has 0 spiro atoms. The molecule has 2 atom stereocenters. The van der Waals surface area contributed by atoms with Crippen LogP contribution in [0.2, 0.25) is 0 Å². The Bertz CT molecular complexity index is 934. The van der Waals surface area contributed by atoms with Crippen LogP contribution in [0.25, 0.3) is 0 Å². The molecule has 2 aromatic rings. The van der Waals surface area contributed by atoms with E-state index in [0.29, 0.717) is 23.6 Å². The van der Waals surface area contributed by atoms with Crippen molar-refractivity contribution >= 4 is 11.6 Å². The quantitative estimate of drug-likeness (QED) is 0.824. The van der Waals surface area contributed by atoms with Crippen LogP contribution >= 0.6 is 0 Å². The Labute approximate surface area is 163 Å². The van der Waals surface area contributed by atoms with Crippen molar-refractivity contribution in [2.75, 3.05) is 6.79 Å². The van der Waals surface area contributed by atoms with Crippen molar-refractivity contribution in [3.8, 4) is 11.5 Å². The van der Waals surface area contributed by atoms with E-state index in [1.807, 2.05) is 11.4 Å². The highest BCUT2D eigenvalue weighted by molar-refractivity contribution is 5.94. The number of carbonyl (C=O) groups is 1. The fourth-order valence-electron chi connectivity index (χ4n) is 3.06. The van der Waals surface area contributed by atoms with Crippen LogP contribution in [-0.2, 0) is 16.1 Å². The van der Waals surface area contributed by atoms with Gasteiger partial charge in [-0.1, -0.05) is 17.3 Å². The van der Waals surface area contributed by atoms with E-state index in [1.165, 1.54) is 24.4 Å². The zero-order valence-corrected chi connectivity index (χ0v) is 15.0. The molecule has 2 aliphatic heterocycles. The molecule has 1 amide bonds. The van der Waals surface area contributed by atoms with E-state index < -0.39 is 24.2 Å². The number of fused-ring (bicyclic) bond motifs is 1. The molecule has 1 aromatic carbocycles. The third-order valence-electron chi connectivity index (χ3n) is 4.47. The average molecular weight is 407 g/mol. The number of alkyl halides is 3. The Morgan fingerprint density at radius 1 is 1.21 bits per heavy atom. The number of carbonyl (C=O) groups excluding carboxylic acids is 1. The maximum atomic E-state index is 13.4. The molecule has 10 heteroatoms. The molecule has 3 heterocycles. The summed E-state index contributed by atoms with van der Waals surface area (Å²) in [6.07, 6.45) is -4.12. The number of ether oxygens (including phenoxy) is 2. The number of amides is 1. The Balaban J connectivity index is 1.38. The highest BCUT2D eigenvalue weighted by Gasteiger charge is 2.44. The largest absolute Gasteiger partial charge is 0.454 e. The van der Waals surface area contributed by atoms with E-state index in [9.17, 15) is 18.0 Å². The summed E-state index contributed by atoms with van der Waals surface area (Å²) in [5.74, 6) is 0.352. The predicted octanol–water partition coefficient (Wildman–Crippen LogP) is 2.92. The number of hydrogen-bond donors (Lipinski definition) is 1. The monoisotopic (exact) mass is 407 g/mol.